The van der Waals surface area contributed by atoms with E-state index in [2.05, 4.69) is 28.1 Å². The minimum Gasteiger partial charge on any atom is -0.746 e. The largest absolute Gasteiger partial charge is 1.00 e. The van der Waals surface area contributed by atoms with E-state index in [4.69, 9.17) is 4.74 Å². The van der Waals surface area contributed by atoms with Gasteiger partial charge >= 0.3 is 35.7 Å². The number of amides is 4. The molecule has 4 amide bonds. The van der Waals surface area contributed by atoms with E-state index in [1.54, 1.807) is 4.90 Å². The number of alkyl carbamates (subject to hydrolysis) is 1. The van der Waals surface area contributed by atoms with Crippen LogP contribution in [0, 0.1) is 29.6 Å². The summed E-state index contributed by atoms with van der Waals surface area (Å²) >= 11 is 0. The minimum absolute atomic E-state index is 0. The van der Waals surface area contributed by atoms with Crippen molar-refractivity contribution < 1.29 is 71.5 Å². The molecule has 2 aliphatic heterocycles. The Balaban J connectivity index is 0.00000484. The van der Waals surface area contributed by atoms with Crippen molar-refractivity contribution in [2.45, 2.75) is 82.4 Å². The Morgan fingerprint density at radius 2 is 1.93 bits per heavy atom. The number of ether oxygens (including phenoxy) is 1. The molecule has 2 aliphatic carbocycles. The molecule has 0 spiro atoms. The van der Waals surface area contributed by atoms with Crippen LogP contribution in [0.5, 0.6) is 0 Å². The van der Waals surface area contributed by atoms with Crippen LogP contribution >= 0.6 is 0 Å². The van der Waals surface area contributed by atoms with Gasteiger partial charge < -0.3 is 35.2 Å². The van der Waals surface area contributed by atoms with Gasteiger partial charge in [0.2, 0.25) is 17.7 Å². The van der Waals surface area contributed by atoms with Gasteiger partial charge in [-0.3, -0.25) is 14.4 Å². The van der Waals surface area contributed by atoms with Gasteiger partial charge in [0.15, 0.2) is 5.44 Å². The fourth-order valence-electron chi connectivity index (χ4n) is 6.54. The maximum absolute atomic E-state index is 13.2. The second-order valence-corrected chi connectivity index (χ2v) is 13.7. The molecule has 230 valence electrons. The topological polar surface area (TPSA) is 194 Å². The van der Waals surface area contributed by atoms with Crippen molar-refractivity contribution in [1.29, 1.82) is 0 Å². The summed E-state index contributed by atoms with van der Waals surface area (Å²) in [5.74, 6) is -0.439. The van der Waals surface area contributed by atoms with Crippen molar-refractivity contribution >= 4 is 33.9 Å². The molecule has 4 rings (SSSR count). The summed E-state index contributed by atoms with van der Waals surface area (Å²) in [6.45, 7) is 4.59. The zero-order valence-electron chi connectivity index (χ0n) is 24.5. The molecule has 13 nitrogen and oxygen atoms in total. The standard InChI is InChI=1S/C27H42N4O9S.Na/c1-15(2)9-21(25(34)29-22(26(35)41(37,38)39)12-18-7-8-28-24(18)33)30-27(36)40-14-20-5-6-23(32)31(20)13-19-11-16-3-4-17(19)10-16;/h3-4,15-22,26,35H,5-14H2,1-2H3,(H,28,33)(H,29,34)(H,30,36)(H,37,38,39);/q;+1/p-1/t16-,17+,18+,19-,20+,21+,22+,26?;/m1./s1. The number of aliphatic hydroxyl groups is 1. The smallest absolute Gasteiger partial charge is 0.746 e. The second kappa shape index (κ2) is 14.8. The molecule has 8 atom stereocenters. The van der Waals surface area contributed by atoms with Crippen LogP contribution in [0.25, 0.3) is 0 Å². The van der Waals surface area contributed by atoms with Gasteiger partial charge in [-0.15, -0.1) is 0 Å². The SMILES string of the molecule is CC(C)C[C@H](NC(=O)OC[C@@H]1CCC(=O)N1C[C@H]1C[C@@H]2C=C[C@H]1C2)C(=O)N[C@@H](C[C@@H]1CCNC1=O)C(O)S(=O)(=O)[O-].[Na+]. The molecule has 3 fully saturated rings. The number of carbonyl (C=O) groups excluding carboxylic acids is 4. The van der Waals surface area contributed by atoms with Gasteiger partial charge in [-0.1, -0.05) is 26.0 Å². The maximum atomic E-state index is 13.2. The van der Waals surface area contributed by atoms with E-state index in [0.29, 0.717) is 50.1 Å². The number of nitrogens with zero attached hydrogens (tertiary/aromatic N) is 1. The average molecular weight is 621 g/mol. The third-order valence-corrected chi connectivity index (χ3v) is 9.61. The van der Waals surface area contributed by atoms with E-state index in [-0.39, 0.29) is 72.8 Å². The van der Waals surface area contributed by atoms with Gasteiger partial charge in [0.05, 0.1) is 12.1 Å². The van der Waals surface area contributed by atoms with Crippen LogP contribution in [0.3, 0.4) is 0 Å². The summed E-state index contributed by atoms with van der Waals surface area (Å²) < 4.78 is 40.1. The molecule has 2 bridgehead atoms. The first-order valence-electron chi connectivity index (χ1n) is 14.4. The minimum atomic E-state index is -5.21. The number of hydrogen-bond acceptors (Lipinski definition) is 9. The molecular formula is C27H41N4NaO9S. The monoisotopic (exact) mass is 620 g/mol. The van der Waals surface area contributed by atoms with Crippen LogP contribution in [-0.2, 0) is 29.2 Å². The first-order valence-corrected chi connectivity index (χ1v) is 15.9. The van der Waals surface area contributed by atoms with Crippen LogP contribution in [0.1, 0.15) is 58.8 Å². The van der Waals surface area contributed by atoms with Crippen molar-refractivity contribution in [3.63, 3.8) is 0 Å². The van der Waals surface area contributed by atoms with Crippen molar-refractivity contribution in [3.8, 4) is 0 Å². The second-order valence-electron chi connectivity index (χ2n) is 12.2. The molecule has 0 aromatic rings. The molecule has 1 saturated carbocycles. The van der Waals surface area contributed by atoms with Gasteiger partial charge in [0.25, 0.3) is 0 Å². The predicted molar refractivity (Wildman–Crippen MR) is 145 cm³/mol. The summed E-state index contributed by atoms with van der Waals surface area (Å²) in [4.78, 5) is 52.3. The number of carbonyl (C=O) groups is 4. The van der Waals surface area contributed by atoms with Crippen molar-refractivity contribution in [2.24, 2.45) is 29.6 Å². The molecule has 0 radical (unpaired) electrons. The van der Waals surface area contributed by atoms with Gasteiger partial charge in [-0.05, 0) is 62.2 Å². The van der Waals surface area contributed by atoms with Gasteiger partial charge in [0.1, 0.15) is 22.8 Å². The van der Waals surface area contributed by atoms with E-state index in [1.807, 2.05) is 13.8 Å². The number of likely N-dealkylation sites (tertiary alicyclic amines) is 1. The number of allylic oxidation sites excluding steroid dienone is 2. The van der Waals surface area contributed by atoms with E-state index in [0.717, 1.165) is 12.8 Å². The normalized spacial score (nSPS) is 28.8. The summed E-state index contributed by atoms with van der Waals surface area (Å²) in [5, 5.41) is 17.6. The van der Waals surface area contributed by atoms with E-state index < -0.39 is 45.6 Å². The zero-order chi connectivity index (χ0) is 29.9. The molecule has 1 unspecified atom stereocenters. The van der Waals surface area contributed by atoms with Crippen LogP contribution in [0.4, 0.5) is 4.79 Å². The third kappa shape index (κ3) is 8.91. The van der Waals surface area contributed by atoms with Crippen LogP contribution in [-0.4, -0.2) is 90.0 Å². The summed E-state index contributed by atoms with van der Waals surface area (Å²) in [7, 11) is -5.21. The fourth-order valence-corrected chi connectivity index (χ4v) is 7.12. The van der Waals surface area contributed by atoms with Crippen LogP contribution < -0.4 is 45.5 Å². The number of aliphatic hydroxyl groups excluding tert-OH is 1. The van der Waals surface area contributed by atoms with Gasteiger partial charge in [-0.2, -0.15) is 0 Å². The summed E-state index contributed by atoms with van der Waals surface area (Å²) in [6.07, 6.45) is 6.99. The van der Waals surface area contributed by atoms with E-state index in [1.165, 1.54) is 0 Å². The Morgan fingerprint density at radius 3 is 2.50 bits per heavy atom. The molecule has 2 saturated heterocycles. The number of rotatable bonds is 13. The molecule has 42 heavy (non-hydrogen) atoms. The average Bonchev–Trinajstić information content (AvgIpc) is 3.68. The molecule has 4 aliphatic rings. The molecular weight excluding hydrogens is 579 g/mol. The molecule has 4 N–H and O–H groups in total. The zero-order valence-corrected chi connectivity index (χ0v) is 27.3. The number of nitrogens with one attached hydrogen (secondary N) is 3. The van der Waals surface area contributed by atoms with Crippen LogP contribution in [0.15, 0.2) is 12.2 Å². The van der Waals surface area contributed by atoms with Crippen molar-refractivity contribution in [1.82, 2.24) is 20.9 Å². The summed E-state index contributed by atoms with van der Waals surface area (Å²) in [5.41, 5.74) is -2.47. The Labute approximate surface area is 269 Å². The summed E-state index contributed by atoms with van der Waals surface area (Å²) in [6, 6.07) is -2.97. The van der Waals surface area contributed by atoms with E-state index >= 15 is 0 Å². The predicted octanol–water partition coefficient (Wildman–Crippen LogP) is -2.79. The maximum Gasteiger partial charge on any atom is 1.00 e. The fraction of sp³-hybridized carbons (Fsp3) is 0.778. The Kier molecular flexibility index (Phi) is 12.3. The van der Waals surface area contributed by atoms with Crippen molar-refractivity contribution in [2.75, 3.05) is 19.7 Å². The number of fused-ring (bicyclic) bond motifs is 2. The Morgan fingerprint density at radius 1 is 1.19 bits per heavy atom. The Bertz CT molecular complexity index is 1150. The third-order valence-electron chi connectivity index (χ3n) is 8.69. The first-order chi connectivity index (χ1) is 19.3. The van der Waals surface area contributed by atoms with Crippen molar-refractivity contribution in [3.05, 3.63) is 12.2 Å². The molecule has 2 heterocycles. The first kappa shape index (κ1) is 34.8. The Hall–Kier alpha value is -1.71. The van der Waals surface area contributed by atoms with E-state index in [9.17, 15) is 37.3 Å². The van der Waals surface area contributed by atoms with Gasteiger partial charge in [0, 0.05) is 25.4 Å². The number of hydrogen-bond donors (Lipinski definition) is 4. The quantitative estimate of drug-likeness (QED) is 0.0957. The molecule has 15 heteroatoms. The van der Waals surface area contributed by atoms with Gasteiger partial charge in [-0.25, -0.2) is 13.2 Å². The van der Waals surface area contributed by atoms with Crippen LogP contribution in [0.2, 0.25) is 0 Å². The molecule has 0 aromatic carbocycles. The molecule has 0 aromatic heterocycles.